The highest BCUT2D eigenvalue weighted by atomic mass is 16.4. The number of carbonyl (C=O) groups is 3. The van der Waals surface area contributed by atoms with Gasteiger partial charge in [-0.2, -0.15) is 0 Å². The zero-order valence-corrected chi connectivity index (χ0v) is 12.9. The third-order valence-corrected chi connectivity index (χ3v) is 4.09. The summed E-state index contributed by atoms with van der Waals surface area (Å²) in [6.45, 7) is 6.72. The summed E-state index contributed by atoms with van der Waals surface area (Å²) in [5.41, 5.74) is -0.887. The number of carboxylic acid groups (broad SMARTS) is 1. The molecule has 1 rings (SSSR count). The minimum atomic E-state index is -0.887. The fourth-order valence-electron chi connectivity index (χ4n) is 2.49. The molecule has 0 spiro atoms. The van der Waals surface area contributed by atoms with Gasteiger partial charge in [0.05, 0.1) is 12.0 Å². The van der Waals surface area contributed by atoms with E-state index in [2.05, 4.69) is 10.6 Å². The minimum absolute atomic E-state index is 0.0550. The summed E-state index contributed by atoms with van der Waals surface area (Å²) >= 11 is 0. The first kappa shape index (κ1) is 17.3. The lowest BCUT2D eigenvalue weighted by molar-refractivity contribution is -0.150. The van der Waals surface area contributed by atoms with Crippen molar-refractivity contribution in [2.24, 2.45) is 11.3 Å². The van der Waals surface area contributed by atoms with Crippen molar-refractivity contribution in [2.75, 3.05) is 26.2 Å². The van der Waals surface area contributed by atoms with Gasteiger partial charge in [-0.3, -0.25) is 9.59 Å². The highest BCUT2D eigenvalue weighted by Gasteiger charge is 2.48. The molecule has 0 radical (unpaired) electrons. The molecule has 21 heavy (non-hydrogen) atoms. The minimum Gasteiger partial charge on any atom is -0.481 e. The summed E-state index contributed by atoms with van der Waals surface area (Å²) in [6.07, 6.45) is 1.27. The Morgan fingerprint density at radius 3 is 2.43 bits per heavy atom. The first-order chi connectivity index (χ1) is 9.83. The van der Waals surface area contributed by atoms with Crippen LogP contribution < -0.4 is 10.6 Å². The van der Waals surface area contributed by atoms with Crippen LogP contribution >= 0.6 is 0 Å². The molecule has 0 aromatic heterocycles. The van der Waals surface area contributed by atoms with Crippen molar-refractivity contribution in [2.45, 2.75) is 33.6 Å². The van der Waals surface area contributed by atoms with E-state index in [0.29, 0.717) is 19.5 Å². The molecule has 1 atom stereocenters. The fourth-order valence-corrected chi connectivity index (χ4v) is 2.49. The number of hydrogen-bond donors (Lipinski definition) is 3. The topological polar surface area (TPSA) is 98.7 Å². The Labute approximate surface area is 125 Å². The molecule has 0 aromatic rings. The molecule has 120 valence electrons. The number of nitrogens with zero attached hydrogens (tertiary/aromatic N) is 1. The van der Waals surface area contributed by atoms with Crippen LogP contribution in [0.3, 0.4) is 0 Å². The third-order valence-electron chi connectivity index (χ3n) is 4.09. The van der Waals surface area contributed by atoms with Crippen LogP contribution in [0.1, 0.15) is 33.6 Å². The molecule has 3 amide bonds. The predicted molar refractivity (Wildman–Crippen MR) is 77.8 cm³/mol. The monoisotopic (exact) mass is 299 g/mol. The lowest BCUT2D eigenvalue weighted by Crippen LogP contribution is -2.46. The van der Waals surface area contributed by atoms with Gasteiger partial charge in [0.15, 0.2) is 0 Å². The molecular weight excluding hydrogens is 274 g/mol. The Morgan fingerprint density at radius 1 is 1.29 bits per heavy atom. The summed E-state index contributed by atoms with van der Waals surface area (Å²) in [4.78, 5) is 36.4. The van der Waals surface area contributed by atoms with Crippen LogP contribution in [0, 0.1) is 11.3 Å². The standard InChI is InChI=1S/C14H25N3O4/c1-4-6-15-11(18)8-16-13(21)17-7-5-14(9-17,10(2)3)12(19)20/h10H,4-9H2,1-3H3,(H,15,18)(H,16,21)(H,19,20). The van der Waals surface area contributed by atoms with E-state index < -0.39 is 11.4 Å². The summed E-state index contributed by atoms with van der Waals surface area (Å²) in [7, 11) is 0. The second-order valence-electron chi connectivity index (χ2n) is 5.80. The quantitative estimate of drug-likeness (QED) is 0.671. The normalized spacial score (nSPS) is 21.4. The van der Waals surface area contributed by atoms with Crippen molar-refractivity contribution in [3.8, 4) is 0 Å². The lowest BCUT2D eigenvalue weighted by Gasteiger charge is -2.28. The number of aliphatic carboxylic acids is 1. The molecule has 0 bridgehead atoms. The molecule has 7 nitrogen and oxygen atoms in total. The van der Waals surface area contributed by atoms with Crippen LogP contribution in [0.4, 0.5) is 4.79 Å². The van der Waals surface area contributed by atoms with Crippen molar-refractivity contribution in [1.29, 1.82) is 0 Å². The van der Waals surface area contributed by atoms with Gasteiger partial charge < -0.3 is 20.6 Å². The zero-order chi connectivity index (χ0) is 16.0. The van der Waals surface area contributed by atoms with Crippen molar-refractivity contribution in [1.82, 2.24) is 15.5 Å². The largest absolute Gasteiger partial charge is 0.481 e. The number of carboxylic acids is 1. The summed E-state index contributed by atoms with van der Waals surface area (Å²) < 4.78 is 0. The van der Waals surface area contributed by atoms with Crippen LogP contribution in [0.2, 0.25) is 0 Å². The molecule has 1 aliphatic heterocycles. The molecule has 1 unspecified atom stereocenters. The molecule has 1 heterocycles. The van der Waals surface area contributed by atoms with Gasteiger partial charge in [-0.05, 0) is 18.8 Å². The first-order valence-corrected chi connectivity index (χ1v) is 7.36. The van der Waals surface area contributed by atoms with Crippen molar-refractivity contribution in [3.63, 3.8) is 0 Å². The van der Waals surface area contributed by atoms with Gasteiger partial charge >= 0.3 is 12.0 Å². The Morgan fingerprint density at radius 2 is 1.95 bits per heavy atom. The summed E-state index contributed by atoms with van der Waals surface area (Å²) in [5.74, 6) is -1.16. The van der Waals surface area contributed by atoms with Gasteiger partial charge in [0.2, 0.25) is 5.91 Å². The number of carbonyl (C=O) groups excluding carboxylic acids is 2. The lowest BCUT2D eigenvalue weighted by atomic mass is 9.76. The first-order valence-electron chi connectivity index (χ1n) is 7.36. The maximum Gasteiger partial charge on any atom is 0.317 e. The number of hydrogen-bond acceptors (Lipinski definition) is 3. The van der Waals surface area contributed by atoms with Crippen LogP contribution in [-0.4, -0.2) is 54.1 Å². The molecule has 1 aliphatic rings. The van der Waals surface area contributed by atoms with Gasteiger partial charge in [0.25, 0.3) is 0 Å². The SMILES string of the molecule is CCCNC(=O)CNC(=O)N1CCC(C(=O)O)(C(C)C)C1. The van der Waals surface area contributed by atoms with Gasteiger partial charge in [-0.1, -0.05) is 20.8 Å². The van der Waals surface area contributed by atoms with E-state index in [-0.39, 0.29) is 30.9 Å². The smallest absolute Gasteiger partial charge is 0.317 e. The van der Waals surface area contributed by atoms with E-state index >= 15 is 0 Å². The second-order valence-corrected chi connectivity index (χ2v) is 5.80. The van der Waals surface area contributed by atoms with E-state index in [4.69, 9.17) is 0 Å². The van der Waals surface area contributed by atoms with Gasteiger partial charge in [0.1, 0.15) is 0 Å². The molecule has 0 aromatic carbocycles. The van der Waals surface area contributed by atoms with E-state index in [1.807, 2.05) is 20.8 Å². The number of likely N-dealkylation sites (tertiary alicyclic amines) is 1. The summed E-state index contributed by atoms with van der Waals surface area (Å²) in [6, 6.07) is -0.384. The molecule has 0 saturated carbocycles. The molecule has 7 heteroatoms. The Balaban J connectivity index is 2.51. The average molecular weight is 299 g/mol. The second kappa shape index (κ2) is 7.28. The van der Waals surface area contributed by atoms with Crippen LogP contribution in [-0.2, 0) is 9.59 Å². The van der Waals surface area contributed by atoms with Crippen molar-refractivity contribution >= 4 is 17.9 Å². The highest BCUT2D eigenvalue weighted by Crippen LogP contribution is 2.38. The Hall–Kier alpha value is -1.79. The van der Waals surface area contributed by atoms with E-state index in [0.717, 1.165) is 6.42 Å². The number of urea groups is 1. The average Bonchev–Trinajstić information content (AvgIpc) is 2.89. The van der Waals surface area contributed by atoms with E-state index in [1.165, 1.54) is 4.90 Å². The maximum absolute atomic E-state index is 12.0. The zero-order valence-electron chi connectivity index (χ0n) is 12.9. The van der Waals surface area contributed by atoms with E-state index in [1.54, 1.807) is 0 Å². The molecule has 0 aliphatic carbocycles. The summed E-state index contributed by atoms with van der Waals surface area (Å²) in [5, 5.41) is 14.6. The Kier molecular flexibility index (Phi) is 5.99. The molecule has 1 fully saturated rings. The van der Waals surface area contributed by atoms with Gasteiger partial charge in [-0.25, -0.2) is 4.79 Å². The van der Waals surface area contributed by atoms with Crippen molar-refractivity contribution in [3.05, 3.63) is 0 Å². The van der Waals surface area contributed by atoms with Crippen molar-refractivity contribution < 1.29 is 19.5 Å². The van der Waals surface area contributed by atoms with E-state index in [9.17, 15) is 19.5 Å². The number of nitrogens with one attached hydrogen (secondary N) is 2. The van der Waals surface area contributed by atoms with Crippen LogP contribution in [0.25, 0.3) is 0 Å². The third kappa shape index (κ3) is 4.09. The van der Waals surface area contributed by atoms with Gasteiger partial charge in [0, 0.05) is 19.6 Å². The van der Waals surface area contributed by atoms with Gasteiger partial charge in [-0.15, -0.1) is 0 Å². The highest BCUT2D eigenvalue weighted by molar-refractivity contribution is 5.85. The molecule has 1 saturated heterocycles. The molecule has 3 N–H and O–H groups in total. The van der Waals surface area contributed by atoms with Crippen LogP contribution in [0.15, 0.2) is 0 Å². The fraction of sp³-hybridized carbons (Fsp3) is 0.786. The maximum atomic E-state index is 12.0. The predicted octanol–water partition coefficient (Wildman–Crippen LogP) is 0.655. The Bertz CT molecular complexity index is 411. The van der Waals surface area contributed by atoms with Crippen LogP contribution in [0.5, 0.6) is 0 Å². The number of amides is 3. The molecular formula is C14H25N3O4. The number of rotatable bonds is 6.